The van der Waals surface area contributed by atoms with Crippen LogP contribution in [0, 0.1) is 11.6 Å². The predicted octanol–water partition coefficient (Wildman–Crippen LogP) is 3.40. The molecule has 1 aromatic heterocycles. The molecule has 0 aliphatic rings. The summed E-state index contributed by atoms with van der Waals surface area (Å²) in [7, 11) is 1.56. The molecule has 0 saturated heterocycles. The number of aromatic nitrogens is 1. The molecule has 1 unspecified atom stereocenters. The van der Waals surface area contributed by atoms with Crippen molar-refractivity contribution in [2.75, 3.05) is 13.7 Å². The van der Waals surface area contributed by atoms with E-state index in [1.165, 1.54) is 0 Å². The molecule has 30 heavy (non-hydrogen) atoms. The number of hydrogen-bond donors (Lipinski definition) is 2. The molecule has 7 nitrogen and oxygen atoms in total. The van der Waals surface area contributed by atoms with Crippen molar-refractivity contribution in [2.24, 2.45) is 5.73 Å². The van der Waals surface area contributed by atoms with Crippen molar-refractivity contribution in [1.29, 1.82) is 0 Å². The van der Waals surface area contributed by atoms with Gasteiger partial charge in [0.25, 0.3) is 5.91 Å². The van der Waals surface area contributed by atoms with E-state index in [-0.39, 0.29) is 5.69 Å². The van der Waals surface area contributed by atoms with Crippen LogP contribution in [0.4, 0.5) is 8.78 Å². The molecule has 1 atom stereocenters. The summed E-state index contributed by atoms with van der Waals surface area (Å²) < 4.78 is 44.0. The molecule has 2 aromatic carbocycles. The zero-order valence-corrected chi connectivity index (χ0v) is 16.3. The second-order valence-corrected chi connectivity index (χ2v) is 6.34. The predicted molar refractivity (Wildman–Crippen MR) is 103 cm³/mol. The molecule has 1 heterocycles. The first-order valence-electron chi connectivity index (χ1n) is 9.08. The number of aryl methyl sites for hydroxylation is 1. The molecule has 0 spiro atoms. The van der Waals surface area contributed by atoms with Crippen LogP contribution in [0.2, 0.25) is 0 Å². The molecule has 0 fully saturated rings. The summed E-state index contributed by atoms with van der Waals surface area (Å²) >= 11 is 0. The lowest BCUT2D eigenvalue weighted by Crippen LogP contribution is -2.17. The maximum Gasteiger partial charge on any atom is 0.254 e. The second-order valence-electron chi connectivity index (χ2n) is 6.34. The van der Waals surface area contributed by atoms with E-state index in [1.807, 2.05) is 6.92 Å². The zero-order chi connectivity index (χ0) is 21.8. The van der Waals surface area contributed by atoms with Gasteiger partial charge in [0.05, 0.1) is 7.11 Å². The van der Waals surface area contributed by atoms with E-state index >= 15 is 0 Å². The third-order valence-corrected chi connectivity index (χ3v) is 4.40. The monoisotopic (exact) mass is 418 g/mol. The number of hydrogen-bond acceptors (Lipinski definition) is 6. The van der Waals surface area contributed by atoms with Crippen LogP contribution in [0.15, 0.2) is 40.8 Å². The number of ether oxygens (including phenoxy) is 2. The van der Waals surface area contributed by atoms with Gasteiger partial charge in [0.15, 0.2) is 11.6 Å². The second kappa shape index (κ2) is 8.91. The van der Waals surface area contributed by atoms with Gasteiger partial charge in [0, 0.05) is 12.0 Å². The van der Waals surface area contributed by atoms with E-state index in [0.29, 0.717) is 29.4 Å². The van der Waals surface area contributed by atoms with Gasteiger partial charge in [-0.3, -0.25) is 4.79 Å². The standard InChI is InChI=1S/C21H20F2N2O5/c1-3-15-19(25-21(30-15)11-4-6-12(28-2)7-5-11)14(26)10-29-16-9-8-13(22)17(18(16)23)20(24)27/h4-9,14,26H,3,10H2,1-2H3,(H2,24,27). The van der Waals surface area contributed by atoms with E-state index in [0.717, 1.165) is 12.1 Å². The van der Waals surface area contributed by atoms with Gasteiger partial charge in [-0.2, -0.15) is 0 Å². The summed E-state index contributed by atoms with van der Waals surface area (Å²) in [6, 6.07) is 8.89. The molecule has 0 radical (unpaired) electrons. The Morgan fingerprint density at radius 2 is 1.93 bits per heavy atom. The average Bonchev–Trinajstić information content (AvgIpc) is 3.17. The summed E-state index contributed by atoms with van der Waals surface area (Å²) in [5.41, 5.74) is 5.01. The number of aliphatic hydroxyl groups excluding tert-OH is 1. The molecular weight excluding hydrogens is 398 g/mol. The lowest BCUT2D eigenvalue weighted by molar-refractivity contribution is 0.0974. The zero-order valence-electron chi connectivity index (χ0n) is 16.3. The minimum atomic E-state index is -1.26. The topological polar surface area (TPSA) is 108 Å². The Morgan fingerprint density at radius 1 is 1.23 bits per heavy atom. The van der Waals surface area contributed by atoms with Gasteiger partial charge in [0.1, 0.15) is 41.3 Å². The van der Waals surface area contributed by atoms with Crippen molar-refractivity contribution in [3.63, 3.8) is 0 Å². The SMILES string of the molecule is CCc1oc(-c2ccc(OC)cc2)nc1C(O)COc1ccc(F)c(C(N)=O)c1F. The number of nitrogens with two attached hydrogens (primary N) is 1. The van der Waals surface area contributed by atoms with Crippen LogP contribution in [0.1, 0.15) is 34.8 Å². The van der Waals surface area contributed by atoms with Crippen molar-refractivity contribution in [3.8, 4) is 23.0 Å². The smallest absolute Gasteiger partial charge is 0.254 e. The lowest BCUT2D eigenvalue weighted by atomic mass is 10.1. The van der Waals surface area contributed by atoms with Crippen molar-refractivity contribution < 1.29 is 32.6 Å². The Labute approximate surface area is 171 Å². The number of aliphatic hydroxyl groups is 1. The summed E-state index contributed by atoms with van der Waals surface area (Å²) in [6.45, 7) is 1.43. The number of carbonyl (C=O) groups excluding carboxylic acids is 1. The largest absolute Gasteiger partial charge is 0.497 e. The Balaban J connectivity index is 1.80. The first kappa shape index (κ1) is 21.3. The lowest BCUT2D eigenvalue weighted by Gasteiger charge is -2.13. The van der Waals surface area contributed by atoms with E-state index in [4.69, 9.17) is 19.6 Å². The molecule has 0 aliphatic carbocycles. The molecule has 0 aliphatic heterocycles. The van der Waals surface area contributed by atoms with Crippen molar-refractivity contribution in [2.45, 2.75) is 19.4 Å². The average molecular weight is 418 g/mol. The fraction of sp³-hybridized carbons (Fsp3) is 0.238. The third kappa shape index (κ3) is 4.25. The summed E-state index contributed by atoms with van der Waals surface area (Å²) in [5, 5.41) is 10.5. The van der Waals surface area contributed by atoms with Gasteiger partial charge in [-0.25, -0.2) is 13.8 Å². The normalized spacial score (nSPS) is 11.9. The van der Waals surface area contributed by atoms with E-state index in [2.05, 4.69) is 4.98 Å². The van der Waals surface area contributed by atoms with Crippen LogP contribution in [0.5, 0.6) is 11.5 Å². The van der Waals surface area contributed by atoms with Crippen LogP contribution >= 0.6 is 0 Å². The number of oxazole rings is 1. The molecule has 3 N–H and O–H groups in total. The molecule has 1 amide bonds. The number of primary amides is 1. The van der Waals surface area contributed by atoms with E-state index in [9.17, 15) is 18.7 Å². The third-order valence-electron chi connectivity index (χ3n) is 4.40. The minimum Gasteiger partial charge on any atom is -0.497 e. The highest BCUT2D eigenvalue weighted by atomic mass is 19.1. The number of halogens is 2. The maximum atomic E-state index is 14.3. The number of rotatable bonds is 8. The summed E-state index contributed by atoms with van der Waals surface area (Å²) in [5.74, 6) is -2.59. The van der Waals surface area contributed by atoms with Crippen molar-refractivity contribution in [3.05, 3.63) is 65.1 Å². The first-order chi connectivity index (χ1) is 14.3. The van der Waals surface area contributed by atoms with Gasteiger partial charge in [-0.1, -0.05) is 6.92 Å². The molecule has 0 saturated carbocycles. The van der Waals surface area contributed by atoms with Gasteiger partial charge in [0.2, 0.25) is 5.89 Å². The van der Waals surface area contributed by atoms with Crippen LogP contribution < -0.4 is 15.2 Å². The van der Waals surface area contributed by atoms with Crippen molar-refractivity contribution >= 4 is 5.91 Å². The quantitative estimate of drug-likeness (QED) is 0.581. The van der Waals surface area contributed by atoms with Gasteiger partial charge in [-0.05, 0) is 36.4 Å². The Bertz CT molecular complexity index is 1050. The number of carbonyl (C=O) groups is 1. The number of methoxy groups -OCH3 is 1. The van der Waals surface area contributed by atoms with Crippen LogP contribution in [0.3, 0.4) is 0 Å². The molecule has 0 bridgehead atoms. The van der Waals surface area contributed by atoms with Gasteiger partial charge >= 0.3 is 0 Å². The highest BCUT2D eigenvalue weighted by molar-refractivity contribution is 5.93. The van der Waals surface area contributed by atoms with Gasteiger partial charge in [-0.15, -0.1) is 0 Å². The fourth-order valence-electron chi connectivity index (χ4n) is 2.85. The van der Waals surface area contributed by atoms with Crippen LogP contribution in [0.25, 0.3) is 11.5 Å². The highest BCUT2D eigenvalue weighted by Gasteiger charge is 2.23. The highest BCUT2D eigenvalue weighted by Crippen LogP contribution is 2.29. The van der Waals surface area contributed by atoms with Crippen LogP contribution in [-0.4, -0.2) is 29.7 Å². The minimum absolute atomic E-state index is 0.237. The molecule has 158 valence electrons. The van der Waals surface area contributed by atoms with E-state index in [1.54, 1.807) is 31.4 Å². The number of nitrogens with zero attached hydrogens (tertiary/aromatic N) is 1. The summed E-state index contributed by atoms with van der Waals surface area (Å²) in [4.78, 5) is 15.6. The molecule has 3 rings (SSSR count). The van der Waals surface area contributed by atoms with Crippen molar-refractivity contribution in [1.82, 2.24) is 4.98 Å². The first-order valence-corrected chi connectivity index (χ1v) is 9.08. The van der Waals surface area contributed by atoms with E-state index < -0.39 is 41.6 Å². The van der Waals surface area contributed by atoms with Gasteiger partial charge < -0.3 is 24.7 Å². The Hall–Kier alpha value is -3.46. The number of benzene rings is 2. The Morgan fingerprint density at radius 3 is 2.53 bits per heavy atom. The summed E-state index contributed by atoms with van der Waals surface area (Å²) in [6.07, 6.45) is -0.802. The van der Waals surface area contributed by atoms with Crippen LogP contribution in [-0.2, 0) is 6.42 Å². The maximum absolute atomic E-state index is 14.3. The number of amides is 1. The molecular formula is C21H20F2N2O5. The fourth-order valence-corrected chi connectivity index (χ4v) is 2.85. The molecule has 9 heteroatoms. The molecule has 3 aromatic rings. The Kier molecular flexibility index (Phi) is 6.31.